The number of aromatic nitrogens is 1. The Labute approximate surface area is 181 Å². The Bertz CT molecular complexity index is 909. The van der Waals surface area contributed by atoms with Crippen LogP contribution in [-0.4, -0.2) is 34.9 Å². The smallest absolute Gasteiger partial charge is 0.422 e. The van der Waals surface area contributed by atoms with Gasteiger partial charge in [0.05, 0.1) is 27.3 Å². The van der Waals surface area contributed by atoms with Crippen LogP contribution in [0.25, 0.3) is 0 Å². The SMILES string of the molecule is O=C(N[C@@]1(c2ccc(Cl)c(Cl)c2)CCCC[C@H]1O)c1ccc(OCC(F)(F)F)nc1. The number of carbonyl (C=O) groups is 1. The second-order valence-corrected chi connectivity index (χ2v) is 7.92. The van der Waals surface area contributed by atoms with Crippen molar-refractivity contribution in [2.24, 2.45) is 0 Å². The van der Waals surface area contributed by atoms with Crippen LogP contribution in [0.3, 0.4) is 0 Å². The van der Waals surface area contributed by atoms with Crippen LogP contribution < -0.4 is 10.1 Å². The molecule has 1 aliphatic carbocycles. The number of hydrogen-bond acceptors (Lipinski definition) is 4. The third kappa shape index (κ3) is 5.17. The molecule has 10 heteroatoms. The van der Waals surface area contributed by atoms with Gasteiger partial charge in [-0.25, -0.2) is 4.98 Å². The zero-order chi connectivity index (χ0) is 21.9. The lowest BCUT2D eigenvalue weighted by Gasteiger charge is -2.42. The summed E-state index contributed by atoms with van der Waals surface area (Å²) in [6, 6.07) is 7.42. The van der Waals surface area contributed by atoms with E-state index >= 15 is 0 Å². The summed E-state index contributed by atoms with van der Waals surface area (Å²) >= 11 is 12.1. The maximum absolute atomic E-state index is 12.9. The minimum Gasteiger partial charge on any atom is -0.468 e. The number of benzene rings is 1. The highest BCUT2D eigenvalue weighted by Crippen LogP contribution is 2.39. The van der Waals surface area contributed by atoms with Gasteiger partial charge in [0.1, 0.15) is 0 Å². The summed E-state index contributed by atoms with van der Waals surface area (Å²) < 4.78 is 41.3. The first-order valence-corrected chi connectivity index (χ1v) is 9.98. The fourth-order valence-corrected chi connectivity index (χ4v) is 3.81. The number of amides is 1. The molecule has 2 atom stereocenters. The van der Waals surface area contributed by atoms with Gasteiger partial charge >= 0.3 is 6.18 Å². The Morgan fingerprint density at radius 3 is 2.60 bits per heavy atom. The highest BCUT2D eigenvalue weighted by atomic mass is 35.5. The molecule has 3 rings (SSSR count). The molecule has 2 aromatic rings. The molecule has 2 N–H and O–H groups in total. The molecule has 1 aromatic heterocycles. The molecule has 1 heterocycles. The normalized spacial score (nSPS) is 21.9. The summed E-state index contributed by atoms with van der Waals surface area (Å²) in [6.07, 6.45) is -1.65. The molecule has 0 spiro atoms. The van der Waals surface area contributed by atoms with Crippen molar-refractivity contribution in [2.45, 2.75) is 43.5 Å². The van der Waals surface area contributed by atoms with Crippen molar-refractivity contribution in [3.05, 3.63) is 57.7 Å². The summed E-state index contributed by atoms with van der Waals surface area (Å²) in [5.41, 5.74) is -0.336. The first kappa shape index (κ1) is 22.7. The molecule has 0 aliphatic heterocycles. The van der Waals surface area contributed by atoms with Gasteiger partial charge in [0.25, 0.3) is 5.91 Å². The summed E-state index contributed by atoms with van der Waals surface area (Å²) in [4.78, 5) is 16.6. The van der Waals surface area contributed by atoms with Crippen molar-refractivity contribution in [3.8, 4) is 5.88 Å². The molecule has 1 aromatic carbocycles. The lowest BCUT2D eigenvalue weighted by atomic mass is 9.74. The number of carbonyl (C=O) groups excluding carboxylic acids is 1. The van der Waals surface area contributed by atoms with Gasteiger partial charge in [0.15, 0.2) is 6.61 Å². The number of aliphatic hydroxyl groups excluding tert-OH is 1. The van der Waals surface area contributed by atoms with Gasteiger partial charge in [-0.15, -0.1) is 0 Å². The first-order valence-electron chi connectivity index (χ1n) is 9.22. The Morgan fingerprint density at radius 2 is 2.00 bits per heavy atom. The summed E-state index contributed by atoms with van der Waals surface area (Å²) in [5.74, 6) is -0.780. The average molecular weight is 463 g/mol. The van der Waals surface area contributed by atoms with Crippen LogP contribution in [0.2, 0.25) is 10.0 Å². The van der Waals surface area contributed by atoms with E-state index in [1.165, 1.54) is 12.1 Å². The number of hydrogen-bond donors (Lipinski definition) is 2. The van der Waals surface area contributed by atoms with Crippen LogP contribution in [0.4, 0.5) is 13.2 Å². The molecule has 1 fully saturated rings. The zero-order valence-electron chi connectivity index (χ0n) is 15.7. The number of halogens is 5. The third-order valence-electron chi connectivity index (χ3n) is 5.02. The number of rotatable bonds is 5. The fourth-order valence-electron chi connectivity index (χ4n) is 3.51. The third-order valence-corrected chi connectivity index (χ3v) is 5.76. The zero-order valence-corrected chi connectivity index (χ0v) is 17.2. The molecule has 1 saturated carbocycles. The molecule has 1 amide bonds. The molecule has 0 saturated heterocycles. The summed E-state index contributed by atoms with van der Waals surface area (Å²) in [7, 11) is 0. The first-order chi connectivity index (χ1) is 14.1. The second-order valence-electron chi connectivity index (χ2n) is 7.10. The minimum atomic E-state index is -4.49. The highest BCUT2D eigenvalue weighted by molar-refractivity contribution is 6.42. The molecule has 0 unspecified atom stereocenters. The number of ether oxygens (including phenoxy) is 1. The van der Waals surface area contributed by atoms with Crippen LogP contribution in [0.1, 0.15) is 41.6 Å². The molecular formula is C20H19Cl2F3N2O3. The monoisotopic (exact) mass is 462 g/mol. The van der Waals surface area contributed by atoms with Gasteiger partial charge in [-0.05, 0) is 36.6 Å². The van der Waals surface area contributed by atoms with Gasteiger partial charge in [-0.1, -0.05) is 42.1 Å². The van der Waals surface area contributed by atoms with E-state index in [2.05, 4.69) is 15.0 Å². The average Bonchev–Trinajstić information content (AvgIpc) is 2.70. The maximum atomic E-state index is 12.9. The Kier molecular flexibility index (Phi) is 6.79. The van der Waals surface area contributed by atoms with E-state index in [0.717, 1.165) is 19.0 Å². The number of nitrogens with one attached hydrogen (secondary N) is 1. The molecule has 0 bridgehead atoms. The Morgan fingerprint density at radius 1 is 1.23 bits per heavy atom. The number of pyridine rings is 1. The highest BCUT2D eigenvalue weighted by Gasteiger charge is 2.43. The quantitative estimate of drug-likeness (QED) is 0.663. The van der Waals surface area contributed by atoms with E-state index in [4.69, 9.17) is 23.2 Å². The molecule has 1 aliphatic rings. The van der Waals surface area contributed by atoms with Crippen molar-refractivity contribution < 1.29 is 27.8 Å². The van der Waals surface area contributed by atoms with E-state index in [1.54, 1.807) is 18.2 Å². The minimum absolute atomic E-state index is 0.117. The summed E-state index contributed by atoms with van der Waals surface area (Å²) in [6.45, 7) is -1.47. The Hall–Kier alpha value is -2.03. The molecule has 162 valence electrons. The standard InChI is InChI=1S/C20H19Cl2F3N2O3/c21-14-6-5-13(9-15(14)22)19(8-2-1-3-16(19)28)27-18(29)12-4-7-17(26-10-12)30-11-20(23,24)25/h4-7,9-10,16,28H,1-3,8,11H2,(H,27,29)/t16-,19-/m1/s1. The van der Waals surface area contributed by atoms with Crippen LogP contribution in [0, 0.1) is 0 Å². The number of aliphatic hydroxyl groups is 1. The van der Waals surface area contributed by atoms with E-state index in [0.29, 0.717) is 28.5 Å². The van der Waals surface area contributed by atoms with Crippen molar-refractivity contribution in [1.82, 2.24) is 10.3 Å². The van der Waals surface area contributed by atoms with Crippen molar-refractivity contribution in [2.75, 3.05) is 6.61 Å². The van der Waals surface area contributed by atoms with Gasteiger partial charge in [-0.3, -0.25) is 4.79 Å². The van der Waals surface area contributed by atoms with Crippen LogP contribution in [0.15, 0.2) is 36.5 Å². The molecular weight excluding hydrogens is 444 g/mol. The maximum Gasteiger partial charge on any atom is 0.422 e. The fraction of sp³-hybridized carbons (Fsp3) is 0.400. The predicted molar refractivity (Wildman–Crippen MR) is 106 cm³/mol. The van der Waals surface area contributed by atoms with E-state index in [9.17, 15) is 23.1 Å². The van der Waals surface area contributed by atoms with E-state index in [-0.39, 0.29) is 11.4 Å². The molecule has 30 heavy (non-hydrogen) atoms. The van der Waals surface area contributed by atoms with Gasteiger partial charge < -0.3 is 15.2 Å². The van der Waals surface area contributed by atoms with Gasteiger partial charge in [0, 0.05) is 12.3 Å². The largest absolute Gasteiger partial charge is 0.468 e. The molecule has 5 nitrogen and oxygen atoms in total. The lowest BCUT2D eigenvalue weighted by molar-refractivity contribution is -0.154. The second kappa shape index (κ2) is 8.99. The molecule has 0 radical (unpaired) electrons. The van der Waals surface area contributed by atoms with Crippen molar-refractivity contribution in [1.29, 1.82) is 0 Å². The number of alkyl halides is 3. The Balaban J connectivity index is 1.82. The van der Waals surface area contributed by atoms with E-state index in [1.807, 2.05) is 0 Å². The van der Waals surface area contributed by atoms with Crippen LogP contribution in [0.5, 0.6) is 5.88 Å². The lowest BCUT2D eigenvalue weighted by Crippen LogP contribution is -2.55. The van der Waals surface area contributed by atoms with Crippen molar-refractivity contribution >= 4 is 29.1 Å². The predicted octanol–water partition coefficient (Wildman–Crippen LogP) is 4.89. The van der Waals surface area contributed by atoms with Crippen LogP contribution >= 0.6 is 23.2 Å². The number of nitrogens with zero attached hydrogens (tertiary/aromatic N) is 1. The van der Waals surface area contributed by atoms with Gasteiger partial charge in [-0.2, -0.15) is 13.2 Å². The van der Waals surface area contributed by atoms with Gasteiger partial charge in [0.2, 0.25) is 5.88 Å². The van der Waals surface area contributed by atoms with Crippen molar-refractivity contribution in [3.63, 3.8) is 0 Å². The summed E-state index contributed by atoms with van der Waals surface area (Å²) in [5, 5.41) is 14.3. The topological polar surface area (TPSA) is 71.5 Å². The van der Waals surface area contributed by atoms with Crippen LogP contribution in [-0.2, 0) is 5.54 Å². The van der Waals surface area contributed by atoms with E-state index < -0.39 is 30.3 Å².